The maximum Gasteiger partial charge on any atom is 0.326 e. The summed E-state index contributed by atoms with van der Waals surface area (Å²) in [6, 6.07) is 16.4. The molecule has 0 atom stereocenters. The minimum absolute atomic E-state index is 0.276. The van der Waals surface area contributed by atoms with Gasteiger partial charge in [0.1, 0.15) is 6.07 Å². The van der Waals surface area contributed by atoms with Gasteiger partial charge in [0.25, 0.3) is 0 Å². The number of carbonyl (C=O) groups excluding carboxylic acids is 1. The summed E-state index contributed by atoms with van der Waals surface area (Å²) in [5.41, 5.74) is 2.80. The molecule has 2 rings (SSSR count). The van der Waals surface area contributed by atoms with E-state index < -0.39 is 0 Å². The Morgan fingerprint density at radius 3 is 2.50 bits per heavy atom. The average molecular weight is 265 g/mol. The highest BCUT2D eigenvalue weighted by Gasteiger charge is 2.14. The second-order valence-corrected chi connectivity index (χ2v) is 4.43. The normalized spacial score (nSPS) is 9.65. The highest BCUT2D eigenvalue weighted by molar-refractivity contribution is 6.02. The van der Waals surface area contributed by atoms with Crippen LogP contribution in [0.5, 0.6) is 0 Å². The fourth-order valence-electron chi connectivity index (χ4n) is 1.88. The van der Waals surface area contributed by atoms with Crippen LogP contribution >= 0.6 is 0 Å². The zero-order chi connectivity index (χ0) is 14.5. The van der Waals surface area contributed by atoms with E-state index in [0.29, 0.717) is 11.3 Å². The third kappa shape index (κ3) is 2.78. The van der Waals surface area contributed by atoms with Gasteiger partial charge in [0.05, 0.1) is 11.3 Å². The van der Waals surface area contributed by atoms with Gasteiger partial charge in [0, 0.05) is 12.7 Å². The summed E-state index contributed by atoms with van der Waals surface area (Å²) in [5.74, 6) is 0. The zero-order valence-electron chi connectivity index (χ0n) is 11.4. The van der Waals surface area contributed by atoms with Crippen LogP contribution in [-0.2, 0) is 0 Å². The van der Waals surface area contributed by atoms with E-state index in [1.165, 1.54) is 4.90 Å². The topological polar surface area (TPSA) is 56.1 Å². The first-order valence-corrected chi connectivity index (χ1v) is 6.23. The van der Waals surface area contributed by atoms with E-state index in [1.807, 2.05) is 31.2 Å². The lowest BCUT2D eigenvalue weighted by Gasteiger charge is -2.19. The number of para-hydroxylation sites is 2. The molecule has 0 unspecified atom stereocenters. The van der Waals surface area contributed by atoms with E-state index in [-0.39, 0.29) is 6.03 Å². The number of hydrogen-bond acceptors (Lipinski definition) is 2. The molecule has 100 valence electrons. The van der Waals surface area contributed by atoms with E-state index in [4.69, 9.17) is 5.26 Å². The molecule has 0 saturated carbocycles. The minimum Gasteiger partial charge on any atom is -0.307 e. The van der Waals surface area contributed by atoms with Gasteiger partial charge in [0.2, 0.25) is 0 Å². The molecule has 4 heteroatoms. The molecular weight excluding hydrogens is 250 g/mol. The van der Waals surface area contributed by atoms with Crippen molar-refractivity contribution in [2.75, 3.05) is 17.3 Å². The average Bonchev–Trinajstić information content (AvgIpc) is 2.48. The van der Waals surface area contributed by atoms with Crippen LogP contribution in [0.15, 0.2) is 48.5 Å². The second kappa shape index (κ2) is 5.89. The van der Waals surface area contributed by atoms with Gasteiger partial charge in [-0.1, -0.05) is 30.3 Å². The summed E-state index contributed by atoms with van der Waals surface area (Å²) in [4.78, 5) is 13.7. The molecule has 0 bridgehead atoms. The lowest BCUT2D eigenvalue weighted by molar-refractivity contribution is 0.258. The van der Waals surface area contributed by atoms with Gasteiger partial charge in [-0.3, -0.25) is 4.90 Å². The molecule has 1 N–H and O–H groups in total. The summed E-state index contributed by atoms with van der Waals surface area (Å²) >= 11 is 0. The molecule has 0 aliphatic heterocycles. The van der Waals surface area contributed by atoms with Gasteiger partial charge in [-0.05, 0) is 30.7 Å². The predicted octanol–water partition coefficient (Wildman–Crippen LogP) is 3.54. The second-order valence-electron chi connectivity index (χ2n) is 4.43. The first-order chi connectivity index (χ1) is 9.63. The van der Waals surface area contributed by atoms with Crippen LogP contribution in [-0.4, -0.2) is 13.1 Å². The fraction of sp³-hybridized carbons (Fsp3) is 0.125. The quantitative estimate of drug-likeness (QED) is 0.903. The third-order valence-corrected chi connectivity index (χ3v) is 3.08. The Hall–Kier alpha value is -2.80. The number of nitrogens with zero attached hydrogens (tertiary/aromatic N) is 2. The van der Waals surface area contributed by atoms with Crippen LogP contribution < -0.4 is 10.2 Å². The lowest BCUT2D eigenvalue weighted by atomic mass is 10.2. The summed E-state index contributed by atoms with van der Waals surface area (Å²) in [7, 11) is 1.64. The number of nitriles is 1. The molecule has 2 aromatic carbocycles. The number of carbonyl (C=O) groups is 1. The fourth-order valence-corrected chi connectivity index (χ4v) is 1.88. The third-order valence-electron chi connectivity index (χ3n) is 3.08. The van der Waals surface area contributed by atoms with Crippen molar-refractivity contribution in [2.24, 2.45) is 0 Å². The number of amides is 2. The van der Waals surface area contributed by atoms with Crippen molar-refractivity contribution in [1.29, 1.82) is 5.26 Å². The molecule has 4 nitrogen and oxygen atoms in total. The van der Waals surface area contributed by atoms with E-state index >= 15 is 0 Å². The number of rotatable bonds is 2. The molecule has 0 fully saturated rings. The standard InChI is InChI=1S/C16H15N3O/c1-12-7-3-5-9-14(12)18-16(20)19(2)15-10-6-4-8-13(15)11-17/h3-10H,1-2H3,(H,18,20). The van der Waals surface area contributed by atoms with Crippen molar-refractivity contribution in [1.82, 2.24) is 0 Å². The lowest BCUT2D eigenvalue weighted by Crippen LogP contribution is -2.31. The molecule has 0 radical (unpaired) electrons. The number of benzene rings is 2. The molecule has 20 heavy (non-hydrogen) atoms. The first-order valence-electron chi connectivity index (χ1n) is 6.23. The van der Waals surface area contributed by atoms with E-state index in [0.717, 1.165) is 11.3 Å². The number of nitrogens with one attached hydrogen (secondary N) is 1. The highest BCUT2D eigenvalue weighted by Crippen LogP contribution is 2.20. The van der Waals surface area contributed by atoms with Crippen LogP contribution in [0.4, 0.5) is 16.2 Å². The Morgan fingerprint density at radius 2 is 1.80 bits per heavy atom. The molecule has 0 aromatic heterocycles. The molecule has 0 aliphatic rings. The van der Waals surface area contributed by atoms with E-state index in [9.17, 15) is 4.79 Å². The van der Waals surface area contributed by atoms with Crippen molar-refractivity contribution < 1.29 is 4.79 Å². The molecule has 2 aromatic rings. The highest BCUT2D eigenvalue weighted by atomic mass is 16.2. The Kier molecular flexibility index (Phi) is 4.02. The van der Waals surface area contributed by atoms with E-state index in [2.05, 4.69) is 11.4 Å². The predicted molar refractivity (Wildman–Crippen MR) is 79.8 cm³/mol. The minimum atomic E-state index is -0.276. The Balaban J connectivity index is 2.22. The van der Waals surface area contributed by atoms with Crippen LogP contribution in [0.1, 0.15) is 11.1 Å². The molecule has 0 heterocycles. The monoisotopic (exact) mass is 265 g/mol. The summed E-state index contributed by atoms with van der Waals surface area (Å²) in [6.45, 7) is 1.93. The molecular formula is C16H15N3O. The Bertz CT molecular complexity index is 673. The van der Waals surface area contributed by atoms with Crippen molar-refractivity contribution in [3.8, 4) is 6.07 Å². The molecule has 0 saturated heterocycles. The first kappa shape index (κ1) is 13.6. The van der Waals surface area contributed by atoms with Gasteiger partial charge in [-0.15, -0.1) is 0 Å². The van der Waals surface area contributed by atoms with Crippen molar-refractivity contribution in [2.45, 2.75) is 6.92 Å². The van der Waals surface area contributed by atoms with E-state index in [1.54, 1.807) is 31.3 Å². The van der Waals surface area contributed by atoms with Crippen molar-refractivity contribution in [3.63, 3.8) is 0 Å². The number of anilines is 2. The number of hydrogen-bond donors (Lipinski definition) is 1. The summed E-state index contributed by atoms with van der Waals surface area (Å²) < 4.78 is 0. The molecule has 0 aliphatic carbocycles. The molecule has 2 amide bonds. The summed E-state index contributed by atoms with van der Waals surface area (Å²) in [5, 5.41) is 11.9. The maximum atomic E-state index is 12.2. The Labute approximate surface area is 118 Å². The van der Waals surface area contributed by atoms with Gasteiger partial charge in [-0.25, -0.2) is 4.79 Å². The number of aryl methyl sites for hydroxylation is 1. The van der Waals surface area contributed by atoms with Gasteiger partial charge in [-0.2, -0.15) is 5.26 Å². The van der Waals surface area contributed by atoms with Crippen LogP contribution in [0.25, 0.3) is 0 Å². The van der Waals surface area contributed by atoms with Gasteiger partial charge in [0.15, 0.2) is 0 Å². The molecule has 0 spiro atoms. The zero-order valence-corrected chi connectivity index (χ0v) is 11.4. The van der Waals surface area contributed by atoms with Crippen LogP contribution in [0, 0.1) is 18.3 Å². The number of urea groups is 1. The van der Waals surface area contributed by atoms with Crippen LogP contribution in [0.3, 0.4) is 0 Å². The van der Waals surface area contributed by atoms with Crippen molar-refractivity contribution >= 4 is 17.4 Å². The Morgan fingerprint density at radius 1 is 1.15 bits per heavy atom. The van der Waals surface area contributed by atoms with Gasteiger partial charge < -0.3 is 5.32 Å². The largest absolute Gasteiger partial charge is 0.326 e. The SMILES string of the molecule is Cc1ccccc1NC(=O)N(C)c1ccccc1C#N. The van der Waals surface area contributed by atoms with Crippen LogP contribution in [0.2, 0.25) is 0 Å². The maximum absolute atomic E-state index is 12.2. The van der Waals surface area contributed by atoms with Gasteiger partial charge >= 0.3 is 6.03 Å². The van der Waals surface area contributed by atoms with Crippen molar-refractivity contribution in [3.05, 3.63) is 59.7 Å². The smallest absolute Gasteiger partial charge is 0.307 e. The summed E-state index contributed by atoms with van der Waals surface area (Å²) in [6.07, 6.45) is 0.